The van der Waals surface area contributed by atoms with Crippen molar-refractivity contribution in [1.29, 1.82) is 0 Å². The van der Waals surface area contributed by atoms with Gasteiger partial charge in [-0.15, -0.1) is 0 Å². The van der Waals surface area contributed by atoms with E-state index >= 15 is 0 Å². The number of nitrogens with one attached hydrogen (secondary N) is 1. The molecule has 0 atom stereocenters. The summed E-state index contributed by atoms with van der Waals surface area (Å²) in [4.78, 5) is 14.5. The maximum absolute atomic E-state index is 12.7. The van der Waals surface area contributed by atoms with Crippen molar-refractivity contribution < 1.29 is 4.79 Å². The number of nitrogens with zero attached hydrogens (tertiary/aromatic N) is 2. The van der Waals surface area contributed by atoms with E-state index in [-0.39, 0.29) is 5.91 Å². The van der Waals surface area contributed by atoms with E-state index in [0.717, 1.165) is 23.0 Å². The second-order valence-corrected chi connectivity index (χ2v) is 5.80. The quantitative estimate of drug-likeness (QED) is 0.700. The molecule has 1 amide bonds. The van der Waals surface area contributed by atoms with E-state index in [2.05, 4.69) is 22.3 Å². The van der Waals surface area contributed by atoms with Crippen LogP contribution >= 0.6 is 0 Å². The van der Waals surface area contributed by atoms with Crippen molar-refractivity contribution in [3.63, 3.8) is 0 Å². The molecule has 1 heterocycles. The highest BCUT2D eigenvalue weighted by atomic mass is 16.2. The topological polar surface area (TPSA) is 75.0 Å². The van der Waals surface area contributed by atoms with E-state index in [4.69, 9.17) is 5.73 Å². The van der Waals surface area contributed by atoms with E-state index in [0.29, 0.717) is 26.1 Å². The van der Waals surface area contributed by atoms with Crippen molar-refractivity contribution in [3.05, 3.63) is 65.9 Å². The molecule has 3 rings (SSSR count). The minimum atomic E-state index is 0.0748. The van der Waals surface area contributed by atoms with Gasteiger partial charge in [-0.25, -0.2) is 0 Å². The Morgan fingerprint density at radius 1 is 1.04 bits per heavy atom. The minimum absolute atomic E-state index is 0.0748. The molecule has 3 aromatic rings. The molecule has 5 heteroatoms. The number of fused-ring (bicyclic) bond motifs is 1. The Hall–Kier alpha value is -2.66. The molecule has 0 radical (unpaired) electrons. The number of hydrogen-bond acceptors (Lipinski definition) is 3. The number of benzene rings is 2. The van der Waals surface area contributed by atoms with Crippen molar-refractivity contribution >= 4 is 16.8 Å². The summed E-state index contributed by atoms with van der Waals surface area (Å²) in [6.07, 6.45) is 1.14. The van der Waals surface area contributed by atoms with Crippen molar-refractivity contribution in [3.8, 4) is 0 Å². The molecule has 0 saturated carbocycles. The van der Waals surface area contributed by atoms with E-state index in [1.54, 1.807) is 0 Å². The lowest BCUT2D eigenvalue weighted by Gasteiger charge is -2.22. The van der Waals surface area contributed by atoms with Crippen LogP contribution in [0.5, 0.6) is 0 Å². The first kappa shape index (κ1) is 16.2. The summed E-state index contributed by atoms with van der Waals surface area (Å²) >= 11 is 0. The third-order valence-electron chi connectivity index (χ3n) is 4.13. The molecule has 1 aromatic heterocycles. The first-order valence-electron chi connectivity index (χ1n) is 8.21. The number of amides is 1. The van der Waals surface area contributed by atoms with Crippen LogP contribution in [0.3, 0.4) is 0 Å². The summed E-state index contributed by atoms with van der Waals surface area (Å²) in [5.74, 6) is 0.0748. The lowest BCUT2D eigenvalue weighted by Crippen LogP contribution is -2.38. The fourth-order valence-electron chi connectivity index (χ4n) is 2.84. The smallest absolute Gasteiger partial charge is 0.228 e. The summed E-state index contributed by atoms with van der Waals surface area (Å²) in [5, 5.41) is 8.24. The third kappa shape index (κ3) is 3.81. The Bertz CT molecular complexity index is 797. The maximum atomic E-state index is 12.7. The highest BCUT2D eigenvalue weighted by Gasteiger charge is 2.16. The Labute approximate surface area is 141 Å². The van der Waals surface area contributed by atoms with Crippen LogP contribution in [0, 0.1) is 0 Å². The number of aromatic amines is 1. The van der Waals surface area contributed by atoms with E-state index < -0.39 is 0 Å². The number of carbonyl (C=O) groups excluding carboxylic acids is 1. The summed E-state index contributed by atoms with van der Waals surface area (Å²) in [6.45, 7) is 1.70. The van der Waals surface area contributed by atoms with Gasteiger partial charge in [0.2, 0.25) is 5.91 Å². The maximum Gasteiger partial charge on any atom is 0.228 e. The highest BCUT2D eigenvalue weighted by molar-refractivity contribution is 5.87. The summed E-state index contributed by atoms with van der Waals surface area (Å²) in [7, 11) is 0. The zero-order valence-electron chi connectivity index (χ0n) is 13.6. The number of H-pyrrole nitrogens is 1. The molecule has 0 bridgehead atoms. The highest BCUT2D eigenvalue weighted by Crippen LogP contribution is 2.16. The van der Waals surface area contributed by atoms with Crippen molar-refractivity contribution in [2.75, 3.05) is 19.6 Å². The van der Waals surface area contributed by atoms with Crippen LogP contribution in [0.1, 0.15) is 11.3 Å². The van der Waals surface area contributed by atoms with E-state index in [9.17, 15) is 4.79 Å². The van der Waals surface area contributed by atoms with Gasteiger partial charge < -0.3 is 10.6 Å². The fraction of sp³-hybridized carbons (Fsp3) is 0.263. The van der Waals surface area contributed by atoms with Crippen LogP contribution in [0.25, 0.3) is 10.9 Å². The molecule has 0 spiro atoms. The first-order valence-corrected chi connectivity index (χ1v) is 8.21. The number of para-hydroxylation sites is 1. The molecule has 0 aliphatic heterocycles. The van der Waals surface area contributed by atoms with Crippen LogP contribution in [0.4, 0.5) is 0 Å². The standard InChI is InChI=1S/C19H22N4O/c20-11-13-23(12-10-15-6-2-1-3-7-15)19(24)14-18-16-8-4-5-9-17(16)21-22-18/h1-9H,10-14,20H2,(H,21,22). The molecule has 0 unspecified atom stereocenters. The van der Waals surface area contributed by atoms with Crippen molar-refractivity contribution in [2.24, 2.45) is 5.73 Å². The average Bonchev–Trinajstić information content (AvgIpc) is 3.02. The number of nitrogens with two attached hydrogens (primary N) is 1. The van der Waals surface area contributed by atoms with Gasteiger partial charge in [0.05, 0.1) is 17.6 Å². The molecular formula is C19H22N4O. The molecule has 0 saturated heterocycles. The molecule has 0 aliphatic rings. The number of carbonyl (C=O) groups is 1. The molecule has 124 valence electrons. The monoisotopic (exact) mass is 322 g/mol. The molecular weight excluding hydrogens is 300 g/mol. The van der Waals surface area contributed by atoms with Gasteiger partial charge in [0, 0.05) is 25.0 Å². The summed E-state index contributed by atoms with van der Waals surface area (Å²) < 4.78 is 0. The SMILES string of the molecule is NCCN(CCc1ccccc1)C(=O)Cc1[nH]nc2ccccc12. The van der Waals surface area contributed by atoms with Gasteiger partial charge in [-0.3, -0.25) is 9.89 Å². The van der Waals surface area contributed by atoms with Gasteiger partial charge in [0.1, 0.15) is 0 Å². The molecule has 2 aromatic carbocycles. The predicted octanol–water partition coefficient (Wildman–Crippen LogP) is 2.14. The average molecular weight is 322 g/mol. The van der Waals surface area contributed by atoms with Gasteiger partial charge in [0.25, 0.3) is 0 Å². The van der Waals surface area contributed by atoms with Gasteiger partial charge in [-0.2, -0.15) is 5.10 Å². The number of rotatable bonds is 7. The van der Waals surface area contributed by atoms with Crippen LogP contribution in [-0.4, -0.2) is 40.6 Å². The Morgan fingerprint density at radius 3 is 2.58 bits per heavy atom. The molecule has 5 nitrogen and oxygen atoms in total. The Morgan fingerprint density at radius 2 is 1.79 bits per heavy atom. The van der Waals surface area contributed by atoms with Gasteiger partial charge in [-0.05, 0) is 18.1 Å². The predicted molar refractivity (Wildman–Crippen MR) is 95.6 cm³/mol. The summed E-state index contributed by atoms with van der Waals surface area (Å²) in [5.41, 5.74) is 8.65. The lowest BCUT2D eigenvalue weighted by atomic mass is 10.1. The van der Waals surface area contributed by atoms with E-state index in [1.165, 1.54) is 5.56 Å². The van der Waals surface area contributed by atoms with Gasteiger partial charge in [-0.1, -0.05) is 48.5 Å². The zero-order chi connectivity index (χ0) is 16.8. The third-order valence-corrected chi connectivity index (χ3v) is 4.13. The van der Waals surface area contributed by atoms with Gasteiger partial charge >= 0.3 is 0 Å². The Kier molecular flexibility index (Phi) is 5.23. The van der Waals surface area contributed by atoms with Crippen LogP contribution in [0.15, 0.2) is 54.6 Å². The summed E-state index contributed by atoms with van der Waals surface area (Å²) in [6, 6.07) is 18.0. The largest absolute Gasteiger partial charge is 0.341 e. The van der Waals surface area contributed by atoms with E-state index in [1.807, 2.05) is 47.4 Å². The second kappa shape index (κ2) is 7.75. The second-order valence-electron chi connectivity index (χ2n) is 5.80. The number of aromatic nitrogens is 2. The molecule has 0 fully saturated rings. The zero-order valence-corrected chi connectivity index (χ0v) is 13.6. The molecule has 0 aliphatic carbocycles. The Balaban J connectivity index is 1.67. The lowest BCUT2D eigenvalue weighted by molar-refractivity contribution is -0.130. The molecule has 3 N–H and O–H groups in total. The normalized spacial score (nSPS) is 10.9. The first-order chi connectivity index (χ1) is 11.8. The van der Waals surface area contributed by atoms with Crippen molar-refractivity contribution in [1.82, 2.24) is 15.1 Å². The van der Waals surface area contributed by atoms with Crippen LogP contribution < -0.4 is 5.73 Å². The molecule has 24 heavy (non-hydrogen) atoms. The van der Waals surface area contributed by atoms with Crippen molar-refractivity contribution in [2.45, 2.75) is 12.8 Å². The van der Waals surface area contributed by atoms with Crippen LogP contribution in [0.2, 0.25) is 0 Å². The minimum Gasteiger partial charge on any atom is -0.341 e. The van der Waals surface area contributed by atoms with Gasteiger partial charge in [0.15, 0.2) is 0 Å². The van der Waals surface area contributed by atoms with Crippen LogP contribution in [-0.2, 0) is 17.6 Å². The fourth-order valence-corrected chi connectivity index (χ4v) is 2.84. The number of hydrogen-bond donors (Lipinski definition) is 2.